The Morgan fingerprint density at radius 3 is 0.986 bits per heavy atom. The molecule has 0 radical (unpaired) electrons. The molecule has 2 nitrogen and oxygen atoms in total. The third kappa shape index (κ3) is 8.31. The van der Waals surface area contributed by atoms with Gasteiger partial charge in [-0.3, -0.25) is 0 Å². The van der Waals surface area contributed by atoms with Gasteiger partial charge >= 0.3 is 0 Å². The summed E-state index contributed by atoms with van der Waals surface area (Å²) in [6.45, 7) is 1.44. The molecule has 10 atom stereocenters. The fraction of sp³-hybridized carbons (Fsp3) is 0.343. The van der Waals surface area contributed by atoms with Crippen molar-refractivity contribution in [3.8, 4) is 0 Å². The number of benzene rings is 6. The van der Waals surface area contributed by atoms with Crippen molar-refractivity contribution in [3.05, 3.63) is 231 Å². The Morgan fingerprint density at radius 2 is 0.648 bits per heavy atom. The molecule has 6 aliphatic carbocycles. The van der Waals surface area contributed by atoms with Gasteiger partial charge in [-0.15, -0.1) is 0 Å². The third-order valence-corrected chi connectivity index (χ3v) is 27.1. The van der Waals surface area contributed by atoms with E-state index in [4.69, 9.17) is 8.85 Å². The number of hydrogen-bond donors (Lipinski definition) is 0. The molecule has 12 rings (SSSR count). The Morgan fingerprint density at radius 1 is 0.352 bits per heavy atom. The highest BCUT2D eigenvalue weighted by Crippen LogP contribution is 2.69. The van der Waals surface area contributed by atoms with Crippen molar-refractivity contribution in [1.29, 1.82) is 0 Å². The molecule has 0 N–H and O–H groups in total. The molecule has 4 heteroatoms. The van der Waals surface area contributed by atoms with Crippen LogP contribution in [0.1, 0.15) is 64.2 Å². The summed E-state index contributed by atoms with van der Waals surface area (Å²) in [5.74, 6) is 5.90. The maximum absolute atomic E-state index is 8.63. The van der Waals surface area contributed by atoms with Crippen LogP contribution in [0.5, 0.6) is 0 Å². The standard InChI is InChI=1S/C67H72O2Si2/c1-7-28-51(29-8-1)70(52-30-9-2-10-31-52,53-32-11-3-12-33-53)68-49-27-48-67(65-61-44-23-19-40-57(61)58-41-20-24-45-62(58)65,66-63-46-25-21-42-59(63)60-43-22-26-47-64(60)66)50-69-71(54-34-13-4-14-35-54,55-36-15-5-16-37-55)56-38-17-6-18-39-56/h1-19,21,23,25,28-40,42,44,46,57-66H,20,22,24,26-27,41,43,45,47-50H2. The summed E-state index contributed by atoms with van der Waals surface area (Å²) in [5, 5.41) is 7.92. The molecule has 6 aliphatic rings. The average Bonchev–Trinajstić information content (AvgIpc) is 3.98. The van der Waals surface area contributed by atoms with Crippen LogP contribution in [-0.4, -0.2) is 29.8 Å². The molecule has 0 heterocycles. The maximum atomic E-state index is 8.63. The van der Waals surface area contributed by atoms with E-state index in [1.54, 1.807) is 0 Å². The van der Waals surface area contributed by atoms with Crippen LogP contribution in [0.2, 0.25) is 0 Å². The second-order valence-corrected chi connectivity index (χ2v) is 28.9. The smallest absolute Gasteiger partial charge is 0.288 e. The van der Waals surface area contributed by atoms with Gasteiger partial charge in [0, 0.05) is 13.2 Å². The molecule has 0 spiro atoms. The lowest BCUT2D eigenvalue weighted by Crippen LogP contribution is -2.70. The Balaban J connectivity index is 1.05. The van der Waals surface area contributed by atoms with E-state index in [9.17, 15) is 0 Å². The zero-order chi connectivity index (χ0) is 47.5. The van der Waals surface area contributed by atoms with Crippen LogP contribution in [0.4, 0.5) is 0 Å². The van der Waals surface area contributed by atoms with Crippen LogP contribution in [-0.2, 0) is 8.85 Å². The van der Waals surface area contributed by atoms with Gasteiger partial charge in [-0.1, -0.05) is 256 Å². The second kappa shape index (κ2) is 20.6. The van der Waals surface area contributed by atoms with Crippen LogP contribution < -0.4 is 31.1 Å². The number of allylic oxidation sites excluding steroid dienone is 8. The highest BCUT2D eigenvalue weighted by Gasteiger charge is 2.65. The summed E-state index contributed by atoms with van der Waals surface area (Å²) in [6, 6.07) is 68.1. The summed E-state index contributed by atoms with van der Waals surface area (Å²) in [7, 11) is -6.05. The molecule has 71 heavy (non-hydrogen) atoms. The molecular weight excluding hydrogens is 893 g/mol. The lowest BCUT2D eigenvalue weighted by Gasteiger charge is -2.54. The average molecular weight is 965 g/mol. The number of fused-ring (bicyclic) bond motifs is 6. The van der Waals surface area contributed by atoms with Gasteiger partial charge in [0.05, 0.1) is 0 Å². The molecule has 0 amide bonds. The van der Waals surface area contributed by atoms with Gasteiger partial charge in [0.1, 0.15) is 0 Å². The molecule has 4 fully saturated rings. The Labute approximate surface area is 426 Å². The van der Waals surface area contributed by atoms with E-state index in [0.717, 1.165) is 19.4 Å². The van der Waals surface area contributed by atoms with Crippen LogP contribution in [0.3, 0.4) is 0 Å². The minimum Gasteiger partial charge on any atom is -0.404 e. The Hall–Kier alpha value is -5.37. The van der Waals surface area contributed by atoms with Crippen molar-refractivity contribution in [3.63, 3.8) is 0 Å². The van der Waals surface area contributed by atoms with Crippen molar-refractivity contribution < 1.29 is 8.85 Å². The van der Waals surface area contributed by atoms with Crippen molar-refractivity contribution in [2.24, 2.45) is 64.6 Å². The Bertz CT molecular complexity index is 2540. The molecule has 6 aromatic carbocycles. The van der Waals surface area contributed by atoms with E-state index in [1.165, 1.54) is 82.5 Å². The minimum absolute atomic E-state index is 0.124. The van der Waals surface area contributed by atoms with E-state index in [2.05, 4.69) is 231 Å². The van der Waals surface area contributed by atoms with Gasteiger partial charge in [-0.2, -0.15) is 0 Å². The third-order valence-electron chi connectivity index (χ3n) is 19.0. The first-order valence-electron chi connectivity index (χ1n) is 27.5. The normalized spacial score (nSPS) is 28.3. The van der Waals surface area contributed by atoms with Crippen molar-refractivity contribution in [2.45, 2.75) is 64.2 Å². The topological polar surface area (TPSA) is 18.5 Å². The number of hydrogen-bond acceptors (Lipinski definition) is 2. The molecule has 0 aromatic heterocycles. The summed E-state index contributed by atoms with van der Waals surface area (Å²) < 4.78 is 16.6. The highest BCUT2D eigenvalue weighted by molar-refractivity contribution is 7.07. The second-order valence-electron chi connectivity index (χ2n) is 22.2. The van der Waals surface area contributed by atoms with Crippen LogP contribution in [0.15, 0.2) is 231 Å². The van der Waals surface area contributed by atoms with Gasteiger partial charge in [-0.25, -0.2) is 0 Å². The lowest BCUT2D eigenvalue weighted by atomic mass is 9.52. The van der Waals surface area contributed by atoms with E-state index in [1.807, 2.05) is 0 Å². The lowest BCUT2D eigenvalue weighted by molar-refractivity contribution is -0.0690. The predicted octanol–water partition coefficient (Wildman–Crippen LogP) is 11.7. The molecule has 360 valence electrons. The quantitative estimate of drug-likeness (QED) is 0.0547. The molecule has 10 unspecified atom stereocenters. The fourth-order valence-corrected chi connectivity index (χ4v) is 24.4. The highest BCUT2D eigenvalue weighted by atomic mass is 28.4. The molecular formula is C67H72O2Si2. The minimum atomic E-state index is -3.11. The SMILES string of the molecule is C1=CC2C(C=C1)C(C(CCCO[Si](c1ccccc1)(c1ccccc1)c1ccccc1)(CO[Si](c1ccccc1)(c1ccccc1)c1ccccc1)C1C3C=CC=CC3C3CCCCC31)C1CCCCC21. The summed E-state index contributed by atoms with van der Waals surface area (Å²) in [5.41, 5.74) is -0.124. The monoisotopic (exact) mass is 965 g/mol. The van der Waals surface area contributed by atoms with E-state index in [-0.39, 0.29) is 5.41 Å². The van der Waals surface area contributed by atoms with Crippen molar-refractivity contribution in [1.82, 2.24) is 0 Å². The Kier molecular flexibility index (Phi) is 13.6. The summed E-state index contributed by atoms with van der Waals surface area (Å²) in [6.07, 6.45) is 33.2. The van der Waals surface area contributed by atoms with E-state index < -0.39 is 16.6 Å². The first kappa shape index (κ1) is 46.7. The van der Waals surface area contributed by atoms with Gasteiger partial charge < -0.3 is 8.85 Å². The van der Waals surface area contributed by atoms with Crippen LogP contribution in [0, 0.1) is 64.6 Å². The molecule has 0 aliphatic heterocycles. The van der Waals surface area contributed by atoms with Gasteiger partial charge in [0.2, 0.25) is 0 Å². The van der Waals surface area contributed by atoms with Crippen LogP contribution >= 0.6 is 0 Å². The zero-order valence-corrected chi connectivity index (χ0v) is 43.5. The largest absolute Gasteiger partial charge is 0.404 e. The van der Waals surface area contributed by atoms with E-state index in [0.29, 0.717) is 65.8 Å². The molecule has 6 aromatic rings. The molecule has 0 bridgehead atoms. The summed E-state index contributed by atoms with van der Waals surface area (Å²) >= 11 is 0. The van der Waals surface area contributed by atoms with Gasteiger partial charge in [0.15, 0.2) is 0 Å². The first-order chi connectivity index (χ1) is 35.2. The maximum Gasteiger partial charge on any atom is 0.288 e. The molecule has 0 saturated heterocycles. The van der Waals surface area contributed by atoms with E-state index >= 15 is 0 Å². The molecule has 4 saturated carbocycles. The number of rotatable bonds is 16. The van der Waals surface area contributed by atoms with Gasteiger partial charge in [-0.05, 0) is 134 Å². The first-order valence-corrected chi connectivity index (χ1v) is 31.4. The predicted molar refractivity (Wildman–Crippen MR) is 300 cm³/mol. The zero-order valence-electron chi connectivity index (χ0n) is 41.5. The van der Waals surface area contributed by atoms with Gasteiger partial charge in [0.25, 0.3) is 16.6 Å². The van der Waals surface area contributed by atoms with Crippen LogP contribution in [0.25, 0.3) is 0 Å². The van der Waals surface area contributed by atoms with Crippen molar-refractivity contribution in [2.75, 3.05) is 13.2 Å². The fourth-order valence-electron chi connectivity index (χ4n) is 16.5. The summed E-state index contributed by atoms with van der Waals surface area (Å²) in [4.78, 5) is 0. The van der Waals surface area contributed by atoms with Crippen molar-refractivity contribution >= 4 is 47.8 Å².